The molecule has 112 valence electrons. The third-order valence-electron chi connectivity index (χ3n) is 3.79. The number of nitrogens with zero attached hydrogens (tertiary/aromatic N) is 2. The lowest BCUT2D eigenvalue weighted by Gasteiger charge is -2.18. The van der Waals surface area contributed by atoms with Crippen LogP contribution in [0.4, 0.5) is 0 Å². The van der Waals surface area contributed by atoms with Gasteiger partial charge in [-0.3, -0.25) is 0 Å². The molecule has 0 aliphatic carbocycles. The second-order valence-electron chi connectivity index (χ2n) is 5.26. The van der Waals surface area contributed by atoms with Gasteiger partial charge in [0.15, 0.2) is 0 Å². The third kappa shape index (κ3) is 3.42. The van der Waals surface area contributed by atoms with Gasteiger partial charge in [0.05, 0.1) is 19.6 Å². The molecule has 21 heavy (non-hydrogen) atoms. The van der Waals surface area contributed by atoms with Crippen molar-refractivity contribution in [3.05, 3.63) is 41.6 Å². The van der Waals surface area contributed by atoms with E-state index in [-0.39, 0.29) is 5.92 Å². The van der Waals surface area contributed by atoms with Crippen LogP contribution in [0.3, 0.4) is 0 Å². The van der Waals surface area contributed by atoms with Crippen LogP contribution >= 0.6 is 0 Å². The molecule has 0 bridgehead atoms. The number of para-hydroxylation sites is 1. The first-order valence-corrected chi connectivity index (χ1v) is 7.38. The molecule has 1 aromatic heterocycles. The summed E-state index contributed by atoms with van der Waals surface area (Å²) in [5.41, 5.74) is 1.15. The molecule has 1 aromatic carbocycles. The highest BCUT2D eigenvalue weighted by Gasteiger charge is 2.21. The second kappa shape index (κ2) is 6.72. The number of benzene rings is 1. The van der Waals surface area contributed by atoms with Crippen molar-refractivity contribution in [2.24, 2.45) is 0 Å². The first-order valence-electron chi connectivity index (χ1n) is 7.38. The number of aryl methyl sites for hydroxylation is 2. The van der Waals surface area contributed by atoms with Crippen LogP contribution in [0.1, 0.15) is 36.1 Å². The number of rotatable bonds is 5. The first kappa shape index (κ1) is 14.1. The van der Waals surface area contributed by atoms with Crippen LogP contribution in [0.15, 0.2) is 28.7 Å². The molecule has 0 N–H and O–H groups in total. The van der Waals surface area contributed by atoms with Gasteiger partial charge in [-0.15, -0.1) is 10.2 Å². The van der Waals surface area contributed by atoms with Crippen LogP contribution in [0.2, 0.25) is 0 Å². The number of ether oxygens (including phenoxy) is 2. The fraction of sp³-hybridized carbons (Fsp3) is 0.500. The molecule has 1 atom stereocenters. The van der Waals surface area contributed by atoms with Crippen LogP contribution in [0.25, 0.3) is 0 Å². The van der Waals surface area contributed by atoms with Gasteiger partial charge in [-0.2, -0.15) is 0 Å². The Labute approximate surface area is 124 Å². The van der Waals surface area contributed by atoms with E-state index in [4.69, 9.17) is 13.9 Å². The minimum atomic E-state index is 0.256. The third-order valence-corrected chi connectivity index (χ3v) is 3.79. The van der Waals surface area contributed by atoms with Gasteiger partial charge in [0, 0.05) is 13.0 Å². The summed E-state index contributed by atoms with van der Waals surface area (Å²) in [5, 5.41) is 8.32. The predicted octanol–water partition coefficient (Wildman–Crippen LogP) is 2.76. The molecule has 2 heterocycles. The summed E-state index contributed by atoms with van der Waals surface area (Å²) >= 11 is 0. The molecule has 3 rings (SSSR count). The molecule has 0 amide bonds. The molecule has 0 spiro atoms. The zero-order valence-corrected chi connectivity index (χ0v) is 12.2. The smallest absolute Gasteiger partial charge is 0.221 e. The molecule has 1 unspecified atom stereocenters. The zero-order chi connectivity index (χ0) is 14.5. The minimum absolute atomic E-state index is 0.256. The maximum atomic E-state index is 5.78. The van der Waals surface area contributed by atoms with E-state index in [1.165, 1.54) is 0 Å². The van der Waals surface area contributed by atoms with Crippen LogP contribution in [0, 0.1) is 0 Å². The lowest BCUT2D eigenvalue weighted by Crippen LogP contribution is -2.15. The lowest BCUT2D eigenvalue weighted by atomic mass is 10.0. The van der Waals surface area contributed by atoms with Gasteiger partial charge < -0.3 is 13.9 Å². The highest BCUT2D eigenvalue weighted by molar-refractivity contribution is 5.33. The Morgan fingerprint density at radius 1 is 1.24 bits per heavy atom. The van der Waals surface area contributed by atoms with Crippen LogP contribution < -0.4 is 4.74 Å². The van der Waals surface area contributed by atoms with Gasteiger partial charge >= 0.3 is 0 Å². The summed E-state index contributed by atoms with van der Waals surface area (Å²) in [4.78, 5) is 0. The van der Waals surface area contributed by atoms with E-state index in [1.807, 2.05) is 18.2 Å². The summed E-state index contributed by atoms with van der Waals surface area (Å²) < 4.78 is 16.6. The van der Waals surface area contributed by atoms with E-state index in [0.29, 0.717) is 18.4 Å². The van der Waals surface area contributed by atoms with E-state index in [1.54, 1.807) is 7.11 Å². The highest BCUT2D eigenvalue weighted by Crippen LogP contribution is 2.25. The Hall–Kier alpha value is -1.88. The van der Waals surface area contributed by atoms with Crippen LogP contribution in [-0.4, -0.2) is 30.5 Å². The normalized spacial score (nSPS) is 18.6. The molecule has 1 fully saturated rings. The quantitative estimate of drug-likeness (QED) is 0.846. The molecular weight excluding hydrogens is 268 g/mol. The Bertz CT molecular complexity index is 576. The molecule has 0 radical (unpaired) electrons. The number of methoxy groups -OCH3 is 1. The second-order valence-corrected chi connectivity index (χ2v) is 5.26. The van der Waals surface area contributed by atoms with E-state index in [2.05, 4.69) is 16.3 Å². The van der Waals surface area contributed by atoms with Gasteiger partial charge in [-0.25, -0.2) is 0 Å². The highest BCUT2D eigenvalue weighted by atomic mass is 16.5. The maximum absolute atomic E-state index is 5.78. The van der Waals surface area contributed by atoms with E-state index >= 15 is 0 Å². The molecule has 1 aliphatic rings. The molecule has 5 heteroatoms. The molecule has 1 aliphatic heterocycles. The molecule has 1 saturated heterocycles. The average Bonchev–Trinajstić information content (AvgIpc) is 3.03. The summed E-state index contributed by atoms with van der Waals surface area (Å²) in [7, 11) is 1.69. The van der Waals surface area contributed by atoms with Gasteiger partial charge in [0.1, 0.15) is 5.75 Å². The van der Waals surface area contributed by atoms with Crippen molar-refractivity contribution in [1.82, 2.24) is 10.2 Å². The zero-order valence-electron chi connectivity index (χ0n) is 12.2. The Morgan fingerprint density at radius 3 is 2.95 bits per heavy atom. The Balaban J connectivity index is 1.62. The fourth-order valence-corrected chi connectivity index (χ4v) is 2.62. The van der Waals surface area contributed by atoms with Gasteiger partial charge in [0.2, 0.25) is 11.8 Å². The van der Waals surface area contributed by atoms with Gasteiger partial charge in [-0.05, 0) is 30.9 Å². The largest absolute Gasteiger partial charge is 0.496 e. The standard InChI is InChI=1S/C16H20N2O3/c1-19-14-7-3-2-5-12(14)8-9-15-17-18-16(21-15)13-6-4-10-20-11-13/h2-3,5,7,13H,4,6,8-11H2,1H3. The first-order chi connectivity index (χ1) is 10.4. The lowest BCUT2D eigenvalue weighted by molar-refractivity contribution is 0.0721. The summed E-state index contributed by atoms with van der Waals surface area (Å²) in [6, 6.07) is 8.01. The van der Waals surface area contributed by atoms with Crippen molar-refractivity contribution in [1.29, 1.82) is 0 Å². The van der Waals surface area contributed by atoms with Crippen molar-refractivity contribution >= 4 is 0 Å². The summed E-state index contributed by atoms with van der Waals surface area (Å²) in [5.74, 6) is 2.55. The molecule has 0 saturated carbocycles. The topological polar surface area (TPSA) is 57.4 Å². The number of hydrogen-bond donors (Lipinski definition) is 0. The van der Waals surface area contributed by atoms with Crippen molar-refractivity contribution < 1.29 is 13.9 Å². The van der Waals surface area contributed by atoms with Crippen molar-refractivity contribution in [2.75, 3.05) is 20.3 Å². The van der Waals surface area contributed by atoms with Crippen molar-refractivity contribution in [3.63, 3.8) is 0 Å². The monoisotopic (exact) mass is 288 g/mol. The molecule has 2 aromatic rings. The number of aromatic nitrogens is 2. The van der Waals surface area contributed by atoms with Crippen molar-refractivity contribution in [2.45, 2.75) is 31.6 Å². The minimum Gasteiger partial charge on any atom is -0.496 e. The van der Waals surface area contributed by atoms with Crippen LogP contribution in [0.5, 0.6) is 5.75 Å². The van der Waals surface area contributed by atoms with Gasteiger partial charge in [0.25, 0.3) is 0 Å². The SMILES string of the molecule is COc1ccccc1CCc1nnc(C2CCCOC2)o1. The summed E-state index contributed by atoms with van der Waals surface area (Å²) in [6.45, 7) is 1.53. The van der Waals surface area contributed by atoms with Crippen molar-refractivity contribution in [3.8, 4) is 5.75 Å². The van der Waals surface area contributed by atoms with E-state index < -0.39 is 0 Å². The number of hydrogen-bond acceptors (Lipinski definition) is 5. The maximum Gasteiger partial charge on any atom is 0.221 e. The predicted molar refractivity (Wildman–Crippen MR) is 77.5 cm³/mol. The average molecular weight is 288 g/mol. The summed E-state index contributed by atoms with van der Waals surface area (Å²) in [6.07, 6.45) is 3.67. The Kier molecular flexibility index (Phi) is 4.50. The van der Waals surface area contributed by atoms with E-state index in [9.17, 15) is 0 Å². The molecular formula is C16H20N2O3. The van der Waals surface area contributed by atoms with E-state index in [0.717, 1.165) is 43.6 Å². The molecule has 5 nitrogen and oxygen atoms in total. The van der Waals surface area contributed by atoms with Gasteiger partial charge in [-0.1, -0.05) is 18.2 Å². The Morgan fingerprint density at radius 2 is 2.14 bits per heavy atom. The fourth-order valence-electron chi connectivity index (χ4n) is 2.62. The van der Waals surface area contributed by atoms with Crippen LogP contribution in [-0.2, 0) is 17.6 Å².